The van der Waals surface area contributed by atoms with Crippen LogP contribution in [0.2, 0.25) is 0 Å². The fraction of sp³-hybridized carbons (Fsp3) is 0.444. The van der Waals surface area contributed by atoms with E-state index in [2.05, 4.69) is 56.2 Å². The first kappa shape index (κ1) is 37.7. The number of rotatable bonds is 15. The number of aliphatic hydroxyl groups excluding tert-OH is 1. The summed E-state index contributed by atoms with van der Waals surface area (Å²) >= 11 is 0. The summed E-state index contributed by atoms with van der Waals surface area (Å²) < 4.78 is 32.4. The number of carbonyl (C=O) groups is 1. The van der Waals surface area contributed by atoms with Crippen molar-refractivity contribution in [2.24, 2.45) is 0 Å². The summed E-state index contributed by atoms with van der Waals surface area (Å²) in [4.78, 5) is 34.0. The molecule has 0 saturated carbocycles. The molecule has 4 rings (SSSR count). The Hall–Kier alpha value is -3.10. The summed E-state index contributed by atoms with van der Waals surface area (Å²) in [5, 5.41) is 19.2. The molecule has 260 valence electrons. The van der Waals surface area contributed by atoms with Gasteiger partial charge in [-0.3, -0.25) is 13.9 Å². The van der Waals surface area contributed by atoms with Crippen molar-refractivity contribution < 1.29 is 43.0 Å². The number of nitrogens with zero attached hydrogens (tertiary/aromatic N) is 2. The standard InChI is InChI=1S/C36H48N2O8P2/c1-7-37-30-21-19-27(48(44,45)46-6)24-28(30)35(3,4)32(37)15-11-9-12-16-33-36(5,22-14-10-13-17-34(40)41)29-23-26(47(42,43)25-39)18-20-31(29)38(33)8-2/h9,11-12,15-16,18-21,23-24,39H,7-8,10,13-14,17,22,25H2,1-6H3,(H2-,40,41,42,43,44,45)/p+1. The van der Waals surface area contributed by atoms with Gasteiger partial charge in [0, 0.05) is 59.9 Å². The highest BCUT2D eigenvalue weighted by atomic mass is 31.2. The van der Waals surface area contributed by atoms with Crippen LogP contribution in [0.15, 0.2) is 72.5 Å². The number of benzene rings is 2. The molecule has 2 aliphatic heterocycles. The van der Waals surface area contributed by atoms with Crippen LogP contribution in [0.25, 0.3) is 0 Å². The van der Waals surface area contributed by atoms with E-state index in [4.69, 9.17) is 9.63 Å². The Morgan fingerprint density at radius 1 is 0.958 bits per heavy atom. The van der Waals surface area contributed by atoms with E-state index in [0.29, 0.717) is 19.4 Å². The first-order valence-corrected chi connectivity index (χ1v) is 19.8. The molecule has 0 spiro atoms. The van der Waals surface area contributed by atoms with E-state index < -0.39 is 38.1 Å². The van der Waals surface area contributed by atoms with Gasteiger partial charge in [-0.2, -0.15) is 4.58 Å². The smallest absolute Gasteiger partial charge is 0.358 e. The first-order chi connectivity index (χ1) is 22.6. The zero-order valence-corrected chi connectivity index (χ0v) is 30.5. The largest absolute Gasteiger partial charge is 0.481 e. The Morgan fingerprint density at radius 2 is 1.65 bits per heavy atom. The number of aliphatic carboxylic acids is 1. The van der Waals surface area contributed by atoms with Crippen LogP contribution in [0, 0.1) is 0 Å². The molecule has 3 atom stereocenters. The maximum absolute atomic E-state index is 12.7. The topological polar surface area (TPSA) is 148 Å². The number of carboxylic acids is 1. The summed E-state index contributed by atoms with van der Waals surface area (Å²) in [6.45, 7) is 11.8. The minimum absolute atomic E-state index is 0.118. The van der Waals surface area contributed by atoms with E-state index in [1.54, 1.807) is 24.3 Å². The number of aliphatic hydroxyl groups is 1. The summed E-state index contributed by atoms with van der Waals surface area (Å²) in [5.74, 6) is -0.812. The Morgan fingerprint density at radius 3 is 2.27 bits per heavy atom. The van der Waals surface area contributed by atoms with Crippen LogP contribution in [0.1, 0.15) is 77.8 Å². The van der Waals surface area contributed by atoms with Gasteiger partial charge in [0.25, 0.3) is 7.37 Å². The number of allylic oxidation sites excluding steroid dienone is 6. The predicted octanol–water partition coefficient (Wildman–Crippen LogP) is 6.21. The average Bonchev–Trinajstić information content (AvgIpc) is 3.42. The zero-order chi connectivity index (χ0) is 35.5. The highest BCUT2D eigenvalue weighted by molar-refractivity contribution is 7.65. The molecule has 0 bridgehead atoms. The lowest BCUT2D eigenvalue weighted by atomic mass is 9.77. The molecule has 2 aromatic rings. The van der Waals surface area contributed by atoms with Crippen molar-refractivity contribution in [3.05, 3.63) is 83.6 Å². The van der Waals surface area contributed by atoms with Gasteiger partial charge in [-0.15, -0.1) is 0 Å². The Balaban J connectivity index is 1.67. The van der Waals surface area contributed by atoms with Crippen LogP contribution in [0.5, 0.6) is 0 Å². The maximum atomic E-state index is 12.7. The quantitative estimate of drug-likeness (QED) is 0.0737. The van der Waals surface area contributed by atoms with Gasteiger partial charge in [0.15, 0.2) is 5.71 Å². The van der Waals surface area contributed by atoms with E-state index in [9.17, 15) is 28.8 Å². The second-order valence-electron chi connectivity index (χ2n) is 13.0. The van der Waals surface area contributed by atoms with E-state index in [1.807, 2.05) is 30.4 Å². The van der Waals surface area contributed by atoms with Crippen molar-refractivity contribution in [3.8, 4) is 0 Å². The van der Waals surface area contributed by atoms with Gasteiger partial charge in [-0.05, 0) is 89.4 Å². The van der Waals surface area contributed by atoms with Crippen LogP contribution < -0.4 is 15.5 Å². The molecule has 0 fully saturated rings. The minimum Gasteiger partial charge on any atom is -0.481 e. The van der Waals surface area contributed by atoms with Gasteiger partial charge in [0.05, 0.1) is 10.7 Å². The lowest BCUT2D eigenvalue weighted by Crippen LogP contribution is -2.28. The third-order valence-corrected chi connectivity index (χ3v) is 12.6. The molecule has 12 heteroatoms. The number of likely N-dealkylation sites (N-methyl/N-ethyl adjacent to an activating group) is 1. The van der Waals surface area contributed by atoms with Crippen LogP contribution >= 0.6 is 15.0 Å². The van der Waals surface area contributed by atoms with Gasteiger partial charge in [-0.25, -0.2) is 0 Å². The highest BCUT2D eigenvalue weighted by Crippen LogP contribution is 2.52. The first-order valence-electron chi connectivity index (χ1n) is 16.4. The lowest BCUT2D eigenvalue weighted by molar-refractivity contribution is -0.433. The highest BCUT2D eigenvalue weighted by Gasteiger charge is 2.45. The molecule has 2 heterocycles. The molecule has 0 aliphatic carbocycles. The van der Waals surface area contributed by atoms with Crippen molar-refractivity contribution in [1.82, 2.24) is 0 Å². The number of carboxylic acid groups (broad SMARTS) is 1. The molecule has 3 unspecified atom stereocenters. The number of fused-ring (bicyclic) bond motifs is 2. The third kappa shape index (κ3) is 7.25. The summed E-state index contributed by atoms with van der Waals surface area (Å²) in [7, 11) is -6.58. The van der Waals surface area contributed by atoms with E-state index in [-0.39, 0.29) is 17.0 Å². The van der Waals surface area contributed by atoms with Crippen molar-refractivity contribution in [1.29, 1.82) is 0 Å². The van der Waals surface area contributed by atoms with Crippen molar-refractivity contribution >= 4 is 48.6 Å². The summed E-state index contributed by atoms with van der Waals surface area (Å²) in [6.07, 6.45) is 12.2. The number of hydrogen-bond donors (Lipinski definition) is 4. The van der Waals surface area contributed by atoms with Gasteiger partial charge >= 0.3 is 13.6 Å². The monoisotopic (exact) mass is 699 g/mol. The number of anilines is 1. The fourth-order valence-corrected chi connectivity index (χ4v) is 8.59. The second kappa shape index (κ2) is 14.8. The Kier molecular flexibility index (Phi) is 11.6. The Labute approximate surface area is 283 Å². The normalized spacial score (nSPS) is 22.0. The molecule has 10 nitrogen and oxygen atoms in total. The summed E-state index contributed by atoms with van der Waals surface area (Å²) in [5.41, 5.74) is 4.95. The molecular weight excluding hydrogens is 650 g/mol. The SMILES string of the molecule is CCN1C(=CC=CC=CC2=[N+](CC)c3ccc(P(=O)(O)OC)cc3C2(C)C)C(C)(CCCCCC(=O)O)c2cc(P(=O)(O)CO)ccc21. The predicted molar refractivity (Wildman–Crippen MR) is 192 cm³/mol. The Bertz CT molecular complexity index is 1780. The number of hydrogen-bond acceptors (Lipinski definition) is 6. The fourth-order valence-electron chi connectivity index (χ4n) is 7.02. The van der Waals surface area contributed by atoms with Crippen LogP contribution in [-0.2, 0) is 29.3 Å². The molecular formula is C36H49N2O8P2+. The van der Waals surface area contributed by atoms with Gasteiger partial charge < -0.3 is 29.4 Å². The molecule has 0 saturated heterocycles. The zero-order valence-electron chi connectivity index (χ0n) is 28.7. The van der Waals surface area contributed by atoms with Crippen LogP contribution in [0.4, 0.5) is 11.4 Å². The molecule has 0 aromatic heterocycles. The minimum atomic E-state index is -3.91. The molecule has 2 aromatic carbocycles. The molecule has 48 heavy (non-hydrogen) atoms. The van der Waals surface area contributed by atoms with E-state index in [0.717, 1.165) is 53.3 Å². The average molecular weight is 700 g/mol. The van der Waals surface area contributed by atoms with E-state index >= 15 is 0 Å². The summed E-state index contributed by atoms with van der Waals surface area (Å²) in [6, 6.07) is 10.5. The van der Waals surface area contributed by atoms with Crippen LogP contribution in [0.3, 0.4) is 0 Å². The van der Waals surface area contributed by atoms with Gasteiger partial charge in [0.1, 0.15) is 12.9 Å². The lowest BCUT2D eigenvalue weighted by Gasteiger charge is -2.30. The second-order valence-corrected chi connectivity index (χ2v) is 17.2. The van der Waals surface area contributed by atoms with Crippen LogP contribution in [-0.4, -0.2) is 62.8 Å². The number of unbranched alkanes of at least 4 members (excludes halogenated alkanes) is 2. The molecule has 0 radical (unpaired) electrons. The molecule has 4 N–H and O–H groups in total. The van der Waals surface area contributed by atoms with E-state index in [1.165, 1.54) is 7.11 Å². The maximum Gasteiger partial charge on any atom is 0.358 e. The van der Waals surface area contributed by atoms with Gasteiger partial charge in [-0.1, -0.05) is 31.1 Å². The van der Waals surface area contributed by atoms with Gasteiger partial charge in [0.2, 0.25) is 5.69 Å². The third-order valence-electron chi connectivity index (χ3n) is 9.70. The molecule has 2 aliphatic rings. The van der Waals surface area contributed by atoms with Crippen molar-refractivity contribution in [3.63, 3.8) is 0 Å². The van der Waals surface area contributed by atoms with Crippen molar-refractivity contribution in [2.75, 3.05) is 31.4 Å². The molecule has 0 amide bonds. The van der Waals surface area contributed by atoms with Crippen molar-refractivity contribution in [2.45, 2.75) is 77.6 Å².